The number of aromatic amines is 2. The first-order chi connectivity index (χ1) is 10.8. The molecule has 0 saturated heterocycles. The largest absolute Gasteiger partial charge is 0.337 e. The van der Waals surface area contributed by atoms with Crippen molar-refractivity contribution in [3.05, 3.63) is 47.5 Å². The molecule has 4 aromatic rings. The number of nitrogens with one attached hydrogen (secondary N) is 2. The van der Waals surface area contributed by atoms with Crippen molar-refractivity contribution in [3.8, 4) is 11.5 Å². The smallest absolute Gasteiger partial charge is 0.159 e. The maximum absolute atomic E-state index is 4.75. The number of H-pyrrole nitrogens is 2. The second-order valence-electron chi connectivity index (χ2n) is 5.55. The molecule has 0 amide bonds. The lowest BCUT2D eigenvalue weighted by Crippen LogP contribution is -1.90. The molecule has 22 heavy (non-hydrogen) atoms. The van der Waals surface area contributed by atoms with Crippen LogP contribution in [0.2, 0.25) is 0 Å². The molecule has 4 heteroatoms. The summed E-state index contributed by atoms with van der Waals surface area (Å²) in [5.41, 5.74) is 6.76. The third-order valence-electron chi connectivity index (χ3n) is 4.26. The highest BCUT2D eigenvalue weighted by Gasteiger charge is 2.13. The van der Waals surface area contributed by atoms with Crippen molar-refractivity contribution in [2.75, 3.05) is 0 Å². The Labute approximate surface area is 128 Å². The lowest BCUT2D eigenvalue weighted by atomic mass is 10.0. The zero-order valence-corrected chi connectivity index (χ0v) is 12.8. The van der Waals surface area contributed by atoms with Crippen molar-refractivity contribution >= 4 is 21.9 Å². The van der Waals surface area contributed by atoms with Crippen LogP contribution in [-0.4, -0.2) is 20.2 Å². The predicted molar refractivity (Wildman–Crippen MR) is 89.9 cm³/mol. The summed E-state index contributed by atoms with van der Waals surface area (Å²) in [4.78, 5) is 8.17. The fraction of sp³-hybridized carbons (Fsp3) is 0.222. The van der Waals surface area contributed by atoms with E-state index in [9.17, 15) is 0 Å². The van der Waals surface area contributed by atoms with Gasteiger partial charge in [-0.15, -0.1) is 0 Å². The third kappa shape index (κ3) is 1.91. The molecule has 4 nitrogen and oxygen atoms in total. The van der Waals surface area contributed by atoms with E-state index < -0.39 is 0 Å². The van der Waals surface area contributed by atoms with Gasteiger partial charge >= 0.3 is 0 Å². The van der Waals surface area contributed by atoms with Crippen molar-refractivity contribution < 1.29 is 0 Å². The van der Waals surface area contributed by atoms with Gasteiger partial charge in [0.15, 0.2) is 5.82 Å². The van der Waals surface area contributed by atoms with Gasteiger partial charge in [0.1, 0.15) is 5.69 Å². The van der Waals surface area contributed by atoms with Crippen LogP contribution in [0.15, 0.2) is 36.4 Å². The van der Waals surface area contributed by atoms with Crippen molar-refractivity contribution in [2.45, 2.75) is 26.7 Å². The van der Waals surface area contributed by atoms with Crippen LogP contribution in [0.25, 0.3) is 33.5 Å². The monoisotopic (exact) mass is 290 g/mol. The molecule has 0 bridgehead atoms. The first-order valence-electron chi connectivity index (χ1n) is 7.75. The zero-order valence-electron chi connectivity index (χ0n) is 12.8. The number of hydrogen-bond acceptors (Lipinski definition) is 2. The normalized spacial score (nSPS) is 11.5. The lowest BCUT2D eigenvalue weighted by molar-refractivity contribution is 1.04. The van der Waals surface area contributed by atoms with Crippen LogP contribution < -0.4 is 0 Å². The van der Waals surface area contributed by atoms with Gasteiger partial charge in [-0.1, -0.05) is 32.0 Å². The van der Waals surface area contributed by atoms with E-state index in [1.165, 1.54) is 11.1 Å². The molecule has 0 spiro atoms. The Morgan fingerprint density at radius 1 is 0.955 bits per heavy atom. The molecule has 0 aliphatic carbocycles. The minimum absolute atomic E-state index is 0.822. The molecule has 0 atom stereocenters. The van der Waals surface area contributed by atoms with Gasteiger partial charge in [0, 0.05) is 5.39 Å². The predicted octanol–water partition coefficient (Wildman–Crippen LogP) is 4.23. The van der Waals surface area contributed by atoms with Crippen molar-refractivity contribution in [1.82, 2.24) is 20.2 Å². The summed E-state index contributed by atoms with van der Waals surface area (Å²) in [6.45, 7) is 4.38. The molecule has 2 aromatic carbocycles. The summed E-state index contributed by atoms with van der Waals surface area (Å²) in [7, 11) is 0. The van der Waals surface area contributed by atoms with Crippen molar-refractivity contribution in [1.29, 1.82) is 0 Å². The van der Waals surface area contributed by atoms with E-state index in [1.54, 1.807) is 0 Å². The average molecular weight is 290 g/mol. The first-order valence-corrected chi connectivity index (χ1v) is 7.75. The Balaban J connectivity index is 1.92. The van der Waals surface area contributed by atoms with Gasteiger partial charge in [-0.2, -0.15) is 5.10 Å². The Hall–Kier alpha value is -2.62. The van der Waals surface area contributed by atoms with Crippen LogP contribution in [0, 0.1) is 0 Å². The van der Waals surface area contributed by atoms with Crippen LogP contribution in [0.3, 0.4) is 0 Å². The highest BCUT2D eigenvalue weighted by Crippen LogP contribution is 2.27. The number of aromatic nitrogens is 4. The molecule has 0 radical (unpaired) electrons. The second kappa shape index (κ2) is 4.98. The van der Waals surface area contributed by atoms with Crippen LogP contribution in [0.4, 0.5) is 0 Å². The summed E-state index contributed by atoms with van der Waals surface area (Å²) in [6, 6.07) is 12.5. The summed E-state index contributed by atoms with van der Waals surface area (Å²) >= 11 is 0. The number of rotatable bonds is 3. The highest BCUT2D eigenvalue weighted by atomic mass is 15.1. The van der Waals surface area contributed by atoms with E-state index >= 15 is 0 Å². The highest BCUT2D eigenvalue weighted by molar-refractivity contribution is 5.93. The van der Waals surface area contributed by atoms with Crippen molar-refractivity contribution in [3.63, 3.8) is 0 Å². The van der Waals surface area contributed by atoms with Crippen LogP contribution in [-0.2, 0) is 12.8 Å². The summed E-state index contributed by atoms with van der Waals surface area (Å²) in [6.07, 6.45) is 2.07. The fourth-order valence-corrected chi connectivity index (χ4v) is 3.06. The molecule has 0 aliphatic rings. The summed E-state index contributed by atoms with van der Waals surface area (Å²) < 4.78 is 0. The van der Waals surface area contributed by atoms with E-state index in [1.807, 2.05) is 18.2 Å². The number of hydrogen-bond donors (Lipinski definition) is 2. The molecule has 0 saturated carbocycles. The zero-order chi connectivity index (χ0) is 15.1. The van der Waals surface area contributed by atoms with Gasteiger partial charge in [0.05, 0.1) is 16.6 Å². The maximum atomic E-state index is 4.75. The number of fused-ring (bicyclic) bond motifs is 2. The Morgan fingerprint density at radius 3 is 2.55 bits per heavy atom. The number of para-hydroxylation sites is 1. The van der Waals surface area contributed by atoms with Crippen molar-refractivity contribution in [2.24, 2.45) is 0 Å². The minimum Gasteiger partial charge on any atom is -0.337 e. The van der Waals surface area contributed by atoms with Crippen LogP contribution in [0.1, 0.15) is 25.0 Å². The van der Waals surface area contributed by atoms with Crippen LogP contribution in [0.5, 0.6) is 0 Å². The molecular weight excluding hydrogens is 272 g/mol. The molecule has 2 heterocycles. The summed E-state index contributed by atoms with van der Waals surface area (Å²) in [5, 5.41) is 8.58. The Morgan fingerprint density at radius 2 is 1.73 bits per heavy atom. The quantitative estimate of drug-likeness (QED) is 0.593. The van der Waals surface area contributed by atoms with E-state index in [0.29, 0.717) is 0 Å². The Kier molecular flexibility index (Phi) is 2.96. The van der Waals surface area contributed by atoms with Gasteiger partial charge in [0.2, 0.25) is 0 Å². The molecule has 110 valence electrons. The molecular formula is C18H18N4. The third-order valence-corrected chi connectivity index (χ3v) is 4.26. The fourth-order valence-electron chi connectivity index (χ4n) is 3.06. The van der Waals surface area contributed by atoms with Gasteiger partial charge in [-0.25, -0.2) is 4.98 Å². The number of aryl methyl sites for hydroxylation is 2. The number of nitrogens with zero attached hydrogens (tertiary/aromatic N) is 2. The summed E-state index contributed by atoms with van der Waals surface area (Å²) in [5.74, 6) is 0.822. The van der Waals surface area contributed by atoms with E-state index in [0.717, 1.165) is 46.3 Å². The van der Waals surface area contributed by atoms with E-state index in [-0.39, 0.29) is 0 Å². The van der Waals surface area contributed by atoms with Crippen LogP contribution >= 0.6 is 0 Å². The first kappa shape index (κ1) is 13.1. The SMILES string of the molecule is CCc1cc2nc(-c3n[nH]c4ccccc34)[nH]c2cc1CC. The average Bonchev–Trinajstić information content (AvgIpc) is 3.16. The topological polar surface area (TPSA) is 57.4 Å². The van der Waals surface area contributed by atoms with Gasteiger partial charge < -0.3 is 4.98 Å². The number of imidazole rings is 1. The lowest BCUT2D eigenvalue weighted by Gasteiger charge is -2.04. The second-order valence-corrected chi connectivity index (χ2v) is 5.55. The molecule has 0 unspecified atom stereocenters. The molecule has 0 aliphatic heterocycles. The Bertz CT molecular complexity index is 921. The molecule has 2 N–H and O–H groups in total. The van der Waals surface area contributed by atoms with Gasteiger partial charge in [-0.05, 0) is 42.2 Å². The van der Waals surface area contributed by atoms with E-state index in [4.69, 9.17) is 4.98 Å². The van der Waals surface area contributed by atoms with Gasteiger partial charge in [0.25, 0.3) is 0 Å². The maximum Gasteiger partial charge on any atom is 0.159 e. The minimum atomic E-state index is 0.822. The number of benzene rings is 2. The van der Waals surface area contributed by atoms with E-state index in [2.05, 4.69) is 47.2 Å². The van der Waals surface area contributed by atoms with Gasteiger partial charge in [-0.3, -0.25) is 5.10 Å². The molecule has 0 fully saturated rings. The molecule has 2 aromatic heterocycles. The molecule has 4 rings (SSSR count). The standard InChI is InChI=1S/C18H18N4/c1-3-11-9-15-16(10-12(11)4-2)20-18(19-15)17-13-7-5-6-8-14(13)21-22-17/h5-10H,3-4H2,1-2H3,(H,19,20)(H,21,22).